The van der Waals surface area contributed by atoms with E-state index in [4.69, 9.17) is 0 Å². The third kappa shape index (κ3) is 1.76. The normalized spacial score (nSPS) is 19.8. The lowest BCUT2D eigenvalue weighted by atomic mass is 10.0. The molecule has 0 aliphatic carbocycles. The summed E-state index contributed by atoms with van der Waals surface area (Å²) in [5, 5.41) is 0. The molecule has 7 heteroatoms. The minimum Gasteiger partial charge on any atom is -0.281 e. The van der Waals surface area contributed by atoms with Gasteiger partial charge in [0.2, 0.25) is 11.2 Å². The summed E-state index contributed by atoms with van der Waals surface area (Å²) < 4.78 is 2.58. The molecule has 2 aromatic heterocycles. The molecule has 1 saturated heterocycles. The van der Waals surface area contributed by atoms with Crippen molar-refractivity contribution >= 4 is 17.1 Å². The zero-order valence-electron chi connectivity index (χ0n) is 12.1. The Morgan fingerprint density at radius 1 is 1.20 bits per heavy atom. The first-order valence-corrected chi connectivity index (χ1v) is 6.98. The van der Waals surface area contributed by atoms with E-state index in [2.05, 4.69) is 21.8 Å². The molecule has 0 amide bonds. The summed E-state index contributed by atoms with van der Waals surface area (Å²) in [7, 11) is 3.16. The first-order chi connectivity index (χ1) is 9.50. The quantitative estimate of drug-likeness (QED) is 0.782. The van der Waals surface area contributed by atoms with Crippen LogP contribution in [0, 0.1) is 0 Å². The van der Waals surface area contributed by atoms with E-state index < -0.39 is 0 Å². The maximum atomic E-state index is 12.2. The molecule has 0 radical (unpaired) electrons. The van der Waals surface area contributed by atoms with Crippen LogP contribution in [0.3, 0.4) is 0 Å². The number of aromatic nitrogens is 4. The van der Waals surface area contributed by atoms with Crippen molar-refractivity contribution in [3.8, 4) is 0 Å². The average molecular weight is 278 g/mol. The number of aromatic amines is 2. The van der Waals surface area contributed by atoms with Gasteiger partial charge in [0.05, 0.1) is 19.6 Å². The Morgan fingerprint density at radius 3 is 2.65 bits per heavy atom. The first kappa shape index (κ1) is 13.0. The van der Waals surface area contributed by atoms with E-state index in [1.54, 1.807) is 7.05 Å². The van der Waals surface area contributed by atoms with E-state index in [0.29, 0.717) is 17.2 Å². The molecule has 3 heterocycles. The number of rotatable bonds is 1. The van der Waals surface area contributed by atoms with Gasteiger partial charge in [0.1, 0.15) is 0 Å². The fraction of sp³-hybridized carbons (Fsp3) is 0.615. The Morgan fingerprint density at radius 2 is 1.95 bits per heavy atom. The third-order valence-corrected chi connectivity index (χ3v) is 4.23. The summed E-state index contributed by atoms with van der Waals surface area (Å²) in [5.41, 5.74) is 0.375. The molecular formula is C13H20N5O2+. The van der Waals surface area contributed by atoms with Crippen LogP contribution in [0.15, 0.2) is 9.59 Å². The highest BCUT2D eigenvalue weighted by atomic mass is 16.2. The molecular weight excluding hydrogens is 258 g/mol. The summed E-state index contributed by atoms with van der Waals surface area (Å²) in [5.74, 6) is 0.811. The summed E-state index contributed by atoms with van der Waals surface area (Å²) in [4.78, 5) is 32.7. The van der Waals surface area contributed by atoms with Gasteiger partial charge in [0, 0.05) is 7.05 Å². The lowest BCUT2D eigenvalue weighted by molar-refractivity contribution is -0.335. The second-order valence-corrected chi connectivity index (χ2v) is 5.57. The minimum atomic E-state index is -0.323. The van der Waals surface area contributed by atoms with Crippen LogP contribution in [0.25, 0.3) is 11.2 Å². The predicted octanol–water partition coefficient (Wildman–Crippen LogP) is -0.242. The predicted molar refractivity (Wildman–Crippen MR) is 76.0 cm³/mol. The number of imidazole rings is 1. The summed E-state index contributed by atoms with van der Waals surface area (Å²) in [6.07, 6.45) is 3.52. The topological polar surface area (TPSA) is 77.2 Å². The van der Waals surface area contributed by atoms with Crippen LogP contribution in [0.2, 0.25) is 0 Å². The van der Waals surface area contributed by atoms with Crippen molar-refractivity contribution < 1.29 is 4.98 Å². The fourth-order valence-electron chi connectivity index (χ4n) is 2.94. The van der Waals surface area contributed by atoms with Crippen LogP contribution in [0.5, 0.6) is 0 Å². The largest absolute Gasteiger partial charge is 0.374 e. The lowest BCUT2D eigenvalue weighted by Crippen LogP contribution is -2.41. The van der Waals surface area contributed by atoms with Gasteiger partial charge in [-0.05, 0) is 26.2 Å². The summed E-state index contributed by atoms with van der Waals surface area (Å²) in [6, 6.07) is 0.425. The zero-order chi connectivity index (χ0) is 14.4. The number of nitrogens with zero attached hydrogens (tertiary/aromatic N) is 3. The molecule has 1 fully saturated rings. The van der Waals surface area contributed by atoms with E-state index in [9.17, 15) is 9.59 Å². The molecule has 0 spiro atoms. The molecule has 0 aromatic carbocycles. The average Bonchev–Trinajstić information content (AvgIpc) is 2.88. The monoisotopic (exact) mass is 278 g/mol. The van der Waals surface area contributed by atoms with Gasteiger partial charge in [-0.1, -0.05) is 0 Å². The van der Waals surface area contributed by atoms with Gasteiger partial charge in [-0.2, -0.15) is 0 Å². The van der Waals surface area contributed by atoms with Gasteiger partial charge in [0.15, 0.2) is 0 Å². The highest BCUT2D eigenvalue weighted by molar-refractivity contribution is 5.67. The number of piperidine rings is 1. The Bertz CT molecular complexity index is 769. The number of hydrogen-bond donors (Lipinski definition) is 1. The highest BCUT2D eigenvalue weighted by Gasteiger charge is 2.27. The standard InChI is InChI=1S/C13H19N5O2/c1-8-6-4-5-7-18(8)12-14-9-10(15-12)16(2)13(20)17(3)11(9)19/h8H,4-7H2,1-3H3,(H,14,15)/p+1. The lowest BCUT2D eigenvalue weighted by Gasteiger charge is -2.28. The zero-order valence-corrected chi connectivity index (χ0v) is 12.1. The van der Waals surface area contributed by atoms with Gasteiger partial charge in [-0.3, -0.25) is 19.2 Å². The van der Waals surface area contributed by atoms with E-state index in [0.717, 1.165) is 29.9 Å². The van der Waals surface area contributed by atoms with E-state index in [1.165, 1.54) is 18.0 Å². The van der Waals surface area contributed by atoms with Crippen molar-refractivity contribution in [3.63, 3.8) is 0 Å². The molecule has 1 atom stereocenters. The molecule has 1 aliphatic heterocycles. The summed E-state index contributed by atoms with van der Waals surface area (Å²) >= 11 is 0. The molecule has 108 valence electrons. The van der Waals surface area contributed by atoms with Crippen LogP contribution in [0.1, 0.15) is 26.2 Å². The Kier molecular flexibility index (Phi) is 2.92. The minimum absolute atomic E-state index is 0.296. The Balaban J connectivity index is 2.21. The van der Waals surface area contributed by atoms with Gasteiger partial charge < -0.3 is 0 Å². The smallest absolute Gasteiger partial charge is 0.281 e. The SMILES string of the molecule is CC1CCCCN1c1[nH]c2c(=O)n(C)c(=O)n(C)c2[nH+]1. The molecule has 0 bridgehead atoms. The number of fused-ring (bicyclic) bond motifs is 1. The van der Waals surface area contributed by atoms with Crippen LogP contribution in [-0.2, 0) is 14.1 Å². The van der Waals surface area contributed by atoms with E-state index in [1.807, 2.05) is 0 Å². The van der Waals surface area contributed by atoms with Crippen LogP contribution >= 0.6 is 0 Å². The summed E-state index contributed by atoms with van der Waals surface area (Å²) in [6.45, 7) is 3.13. The van der Waals surface area contributed by atoms with Crippen molar-refractivity contribution in [3.05, 3.63) is 20.8 Å². The Hall–Kier alpha value is -2.05. The van der Waals surface area contributed by atoms with Crippen molar-refractivity contribution in [2.75, 3.05) is 11.4 Å². The van der Waals surface area contributed by atoms with Gasteiger partial charge in [-0.15, -0.1) is 0 Å². The molecule has 3 rings (SSSR count). The molecule has 2 aromatic rings. The maximum Gasteiger partial charge on any atom is 0.374 e. The highest BCUT2D eigenvalue weighted by Crippen LogP contribution is 2.20. The molecule has 7 nitrogen and oxygen atoms in total. The van der Waals surface area contributed by atoms with Crippen LogP contribution in [-0.4, -0.2) is 26.7 Å². The maximum absolute atomic E-state index is 12.2. The number of anilines is 1. The molecule has 2 N–H and O–H groups in total. The molecule has 1 unspecified atom stereocenters. The third-order valence-electron chi connectivity index (χ3n) is 4.23. The molecule has 0 saturated carbocycles. The van der Waals surface area contributed by atoms with Crippen molar-refractivity contribution in [1.82, 2.24) is 14.1 Å². The fourth-order valence-corrected chi connectivity index (χ4v) is 2.94. The van der Waals surface area contributed by atoms with Gasteiger partial charge in [-0.25, -0.2) is 14.3 Å². The van der Waals surface area contributed by atoms with Crippen LogP contribution < -0.4 is 21.1 Å². The van der Waals surface area contributed by atoms with Crippen molar-refractivity contribution in [2.24, 2.45) is 14.1 Å². The number of aryl methyl sites for hydroxylation is 1. The second kappa shape index (κ2) is 4.50. The number of H-pyrrole nitrogens is 2. The van der Waals surface area contributed by atoms with E-state index >= 15 is 0 Å². The Labute approximate surface area is 115 Å². The molecule has 20 heavy (non-hydrogen) atoms. The molecule has 1 aliphatic rings. The first-order valence-electron chi connectivity index (χ1n) is 6.98. The van der Waals surface area contributed by atoms with E-state index in [-0.39, 0.29) is 11.2 Å². The number of hydrogen-bond acceptors (Lipinski definition) is 3. The van der Waals surface area contributed by atoms with Gasteiger partial charge >= 0.3 is 11.6 Å². The van der Waals surface area contributed by atoms with Crippen molar-refractivity contribution in [2.45, 2.75) is 32.2 Å². The number of nitrogens with one attached hydrogen (secondary N) is 2. The van der Waals surface area contributed by atoms with Crippen LogP contribution in [0.4, 0.5) is 5.95 Å². The van der Waals surface area contributed by atoms with Crippen molar-refractivity contribution in [1.29, 1.82) is 0 Å². The van der Waals surface area contributed by atoms with Gasteiger partial charge in [0.25, 0.3) is 5.56 Å². The second-order valence-electron chi connectivity index (χ2n) is 5.57.